The van der Waals surface area contributed by atoms with E-state index >= 15 is 0 Å². The van der Waals surface area contributed by atoms with Crippen LogP contribution in [-0.2, 0) is 9.59 Å². The van der Waals surface area contributed by atoms with Gasteiger partial charge in [-0.05, 0) is 24.6 Å². The molecule has 1 aromatic rings. The number of benzene rings is 1. The molecule has 6 nitrogen and oxygen atoms in total. The lowest BCUT2D eigenvalue weighted by Gasteiger charge is -2.28. The number of likely N-dealkylation sites (tertiary alicyclic amines) is 1. The smallest absolute Gasteiger partial charge is 0.255 e. The van der Waals surface area contributed by atoms with Gasteiger partial charge >= 0.3 is 0 Å². The van der Waals surface area contributed by atoms with Gasteiger partial charge in [-0.25, -0.2) is 0 Å². The van der Waals surface area contributed by atoms with Crippen molar-refractivity contribution in [3.05, 3.63) is 28.8 Å². The van der Waals surface area contributed by atoms with Gasteiger partial charge in [-0.3, -0.25) is 19.3 Å². The van der Waals surface area contributed by atoms with Crippen molar-refractivity contribution >= 4 is 29.3 Å². The van der Waals surface area contributed by atoms with Crippen LogP contribution in [-0.4, -0.2) is 40.8 Å². The molecule has 0 bridgehead atoms. The summed E-state index contributed by atoms with van der Waals surface area (Å²) in [4.78, 5) is 36.2. The SMILES string of the molecule is CN1C(=O)CCC(NC(=O)c2ccc(Cl)cc2O)C1=O. The van der Waals surface area contributed by atoms with Crippen molar-refractivity contribution in [1.82, 2.24) is 10.2 Å². The molecule has 2 N–H and O–H groups in total. The minimum Gasteiger partial charge on any atom is -0.507 e. The number of amides is 3. The molecule has 0 aliphatic carbocycles. The Morgan fingerprint density at radius 3 is 2.80 bits per heavy atom. The zero-order chi connectivity index (χ0) is 14.9. The van der Waals surface area contributed by atoms with E-state index in [0.29, 0.717) is 5.02 Å². The van der Waals surface area contributed by atoms with Gasteiger partial charge < -0.3 is 10.4 Å². The van der Waals surface area contributed by atoms with E-state index in [1.165, 1.54) is 25.2 Å². The molecule has 1 aromatic carbocycles. The standard InChI is InChI=1S/C13H13ClN2O4/c1-16-11(18)5-4-9(13(16)20)15-12(19)8-3-2-7(14)6-10(8)17/h2-3,6,9,17H,4-5H2,1H3,(H,15,19). The van der Waals surface area contributed by atoms with Crippen molar-refractivity contribution in [3.8, 4) is 5.75 Å². The fourth-order valence-corrected chi connectivity index (χ4v) is 2.15. The van der Waals surface area contributed by atoms with Crippen LogP contribution in [0.25, 0.3) is 0 Å². The zero-order valence-corrected chi connectivity index (χ0v) is 11.5. The van der Waals surface area contributed by atoms with E-state index in [2.05, 4.69) is 5.32 Å². The van der Waals surface area contributed by atoms with E-state index in [4.69, 9.17) is 11.6 Å². The van der Waals surface area contributed by atoms with Crippen LogP contribution in [0.3, 0.4) is 0 Å². The van der Waals surface area contributed by atoms with Gasteiger partial charge in [-0.2, -0.15) is 0 Å². The molecule has 0 spiro atoms. The molecule has 1 fully saturated rings. The van der Waals surface area contributed by atoms with Gasteiger partial charge in [0.25, 0.3) is 11.8 Å². The molecule has 106 valence electrons. The van der Waals surface area contributed by atoms with E-state index in [1.807, 2.05) is 0 Å². The fourth-order valence-electron chi connectivity index (χ4n) is 1.98. The van der Waals surface area contributed by atoms with Gasteiger partial charge in [0.1, 0.15) is 11.8 Å². The number of carbonyl (C=O) groups is 3. The second-order valence-corrected chi connectivity index (χ2v) is 4.95. The lowest BCUT2D eigenvalue weighted by molar-refractivity contribution is -0.147. The van der Waals surface area contributed by atoms with Crippen molar-refractivity contribution in [3.63, 3.8) is 0 Å². The number of likely N-dealkylation sites (N-methyl/N-ethyl adjacent to an activating group) is 1. The third kappa shape index (κ3) is 2.75. The number of hydrogen-bond donors (Lipinski definition) is 2. The maximum Gasteiger partial charge on any atom is 0.255 e. The largest absolute Gasteiger partial charge is 0.507 e. The maximum atomic E-state index is 12.0. The van der Waals surface area contributed by atoms with E-state index in [1.54, 1.807) is 0 Å². The average Bonchev–Trinajstić information content (AvgIpc) is 2.39. The summed E-state index contributed by atoms with van der Waals surface area (Å²) in [6, 6.07) is 3.32. The molecule has 3 amide bonds. The molecule has 1 atom stereocenters. The third-order valence-electron chi connectivity index (χ3n) is 3.16. The Bertz CT molecular complexity index is 588. The monoisotopic (exact) mass is 296 g/mol. The van der Waals surface area contributed by atoms with Crippen molar-refractivity contribution in [2.75, 3.05) is 7.05 Å². The van der Waals surface area contributed by atoms with Gasteiger partial charge in [0, 0.05) is 18.5 Å². The van der Waals surface area contributed by atoms with Gasteiger partial charge in [0.2, 0.25) is 5.91 Å². The lowest BCUT2D eigenvalue weighted by Crippen LogP contribution is -2.52. The quantitative estimate of drug-likeness (QED) is 0.795. The van der Waals surface area contributed by atoms with E-state index in [0.717, 1.165) is 4.90 Å². The molecule has 20 heavy (non-hydrogen) atoms. The molecule has 1 unspecified atom stereocenters. The van der Waals surface area contributed by atoms with E-state index in [-0.39, 0.29) is 30.1 Å². The number of carbonyl (C=O) groups excluding carboxylic acids is 3. The number of imide groups is 1. The van der Waals surface area contributed by atoms with Gasteiger partial charge in [0.05, 0.1) is 5.56 Å². The molecule has 1 aliphatic rings. The van der Waals surface area contributed by atoms with Crippen LogP contribution in [0.2, 0.25) is 5.02 Å². The van der Waals surface area contributed by atoms with Crippen molar-refractivity contribution in [2.24, 2.45) is 0 Å². The van der Waals surface area contributed by atoms with Crippen molar-refractivity contribution in [1.29, 1.82) is 0 Å². The highest BCUT2D eigenvalue weighted by molar-refractivity contribution is 6.30. The Morgan fingerprint density at radius 1 is 1.45 bits per heavy atom. The number of nitrogens with one attached hydrogen (secondary N) is 1. The molecule has 1 heterocycles. The summed E-state index contributed by atoms with van der Waals surface area (Å²) in [5, 5.41) is 12.5. The molecule has 0 saturated carbocycles. The van der Waals surface area contributed by atoms with Crippen LogP contribution < -0.4 is 5.32 Å². The third-order valence-corrected chi connectivity index (χ3v) is 3.39. The number of phenols is 1. The minimum absolute atomic E-state index is 0.0294. The lowest BCUT2D eigenvalue weighted by atomic mass is 10.0. The number of nitrogens with zero attached hydrogens (tertiary/aromatic N) is 1. The predicted octanol–water partition coefficient (Wildman–Crippen LogP) is 0.923. The van der Waals surface area contributed by atoms with Crippen LogP contribution in [0.5, 0.6) is 5.75 Å². The Hall–Kier alpha value is -2.08. The zero-order valence-electron chi connectivity index (χ0n) is 10.7. The number of halogens is 1. The highest BCUT2D eigenvalue weighted by Gasteiger charge is 2.33. The number of piperidine rings is 1. The average molecular weight is 297 g/mol. The first-order chi connectivity index (χ1) is 9.40. The Labute approximate surface area is 120 Å². The van der Waals surface area contributed by atoms with Gasteiger partial charge in [-0.15, -0.1) is 0 Å². The molecule has 0 radical (unpaired) electrons. The first kappa shape index (κ1) is 14.3. The summed E-state index contributed by atoms with van der Waals surface area (Å²) in [5.74, 6) is -1.57. The number of phenolic OH excluding ortho intramolecular Hbond substituents is 1. The van der Waals surface area contributed by atoms with Crippen molar-refractivity contribution < 1.29 is 19.5 Å². The highest BCUT2D eigenvalue weighted by Crippen LogP contribution is 2.22. The molecular formula is C13H13ClN2O4. The summed E-state index contributed by atoms with van der Waals surface area (Å²) in [5.41, 5.74) is 0.0294. The molecule has 0 aromatic heterocycles. The highest BCUT2D eigenvalue weighted by atomic mass is 35.5. The van der Waals surface area contributed by atoms with Gasteiger partial charge in [0.15, 0.2) is 0 Å². The maximum absolute atomic E-state index is 12.0. The van der Waals surface area contributed by atoms with Crippen LogP contribution in [0.15, 0.2) is 18.2 Å². The first-order valence-corrected chi connectivity index (χ1v) is 6.37. The fraction of sp³-hybridized carbons (Fsp3) is 0.308. The molecule has 1 aliphatic heterocycles. The van der Waals surface area contributed by atoms with E-state index < -0.39 is 17.9 Å². The summed E-state index contributed by atoms with van der Waals surface area (Å²) in [7, 11) is 1.38. The number of aromatic hydroxyl groups is 1. The van der Waals surface area contributed by atoms with Crippen LogP contribution >= 0.6 is 11.6 Å². The Morgan fingerprint density at radius 2 is 2.15 bits per heavy atom. The minimum atomic E-state index is -0.764. The Balaban J connectivity index is 2.12. The summed E-state index contributed by atoms with van der Waals surface area (Å²) in [6.07, 6.45) is 0.446. The topological polar surface area (TPSA) is 86.7 Å². The summed E-state index contributed by atoms with van der Waals surface area (Å²) in [6.45, 7) is 0. The summed E-state index contributed by atoms with van der Waals surface area (Å²) < 4.78 is 0. The van der Waals surface area contributed by atoms with Crippen LogP contribution in [0, 0.1) is 0 Å². The van der Waals surface area contributed by atoms with Crippen LogP contribution in [0.4, 0.5) is 0 Å². The van der Waals surface area contributed by atoms with Gasteiger partial charge in [-0.1, -0.05) is 11.6 Å². The first-order valence-electron chi connectivity index (χ1n) is 6.00. The van der Waals surface area contributed by atoms with Crippen LogP contribution in [0.1, 0.15) is 23.2 Å². The molecular weight excluding hydrogens is 284 g/mol. The molecule has 7 heteroatoms. The summed E-state index contributed by atoms with van der Waals surface area (Å²) >= 11 is 5.68. The second-order valence-electron chi connectivity index (χ2n) is 4.52. The second kappa shape index (κ2) is 5.50. The molecule has 1 saturated heterocycles. The predicted molar refractivity (Wildman–Crippen MR) is 71.4 cm³/mol. The van der Waals surface area contributed by atoms with E-state index in [9.17, 15) is 19.5 Å². The number of hydrogen-bond acceptors (Lipinski definition) is 4. The normalized spacial score (nSPS) is 19.1. The van der Waals surface area contributed by atoms with Crippen molar-refractivity contribution in [2.45, 2.75) is 18.9 Å². The molecule has 2 rings (SSSR count). The Kier molecular flexibility index (Phi) is 3.94. The number of rotatable bonds is 2.